The van der Waals surface area contributed by atoms with Gasteiger partial charge in [-0.2, -0.15) is 5.26 Å². The van der Waals surface area contributed by atoms with Crippen LogP contribution < -0.4 is 16.0 Å². The van der Waals surface area contributed by atoms with E-state index in [1.807, 2.05) is 31.2 Å². The predicted octanol–water partition coefficient (Wildman–Crippen LogP) is 3.61. The number of amides is 1. The van der Waals surface area contributed by atoms with Gasteiger partial charge >= 0.3 is 0 Å². The summed E-state index contributed by atoms with van der Waals surface area (Å²) in [6.07, 6.45) is 0.315. The van der Waals surface area contributed by atoms with Crippen molar-refractivity contribution in [1.29, 1.82) is 5.26 Å². The fourth-order valence-corrected chi connectivity index (χ4v) is 4.91. The third-order valence-corrected chi connectivity index (χ3v) is 6.16. The highest BCUT2D eigenvalue weighted by molar-refractivity contribution is 7.23. The highest BCUT2D eigenvalue weighted by Gasteiger charge is 2.34. The predicted molar refractivity (Wildman–Crippen MR) is 98.8 cm³/mol. The largest absolute Gasteiger partial charge is 0.317 e. The van der Waals surface area contributed by atoms with Crippen LogP contribution in [-0.2, 0) is 4.79 Å². The normalized spacial score (nSPS) is 16.4. The van der Waals surface area contributed by atoms with Crippen LogP contribution in [0.1, 0.15) is 34.6 Å². The lowest BCUT2D eigenvalue weighted by Crippen LogP contribution is -2.24. The van der Waals surface area contributed by atoms with Crippen molar-refractivity contribution in [3.63, 3.8) is 0 Å². The second kappa shape index (κ2) is 5.73. The van der Waals surface area contributed by atoms with Crippen LogP contribution >= 0.6 is 22.9 Å². The van der Waals surface area contributed by atoms with E-state index in [-0.39, 0.29) is 11.8 Å². The van der Waals surface area contributed by atoms with Gasteiger partial charge in [-0.3, -0.25) is 10.5 Å². The molecule has 0 saturated carbocycles. The summed E-state index contributed by atoms with van der Waals surface area (Å²) in [6.45, 7) is 1.87. The second-order valence-corrected chi connectivity index (χ2v) is 7.45. The lowest BCUT2D eigenvalue weighted by molar-refractivity contribution is -0.327. The van der Waals surface area contributed by atoms with Crippen LogP contribution in [0.2, 0.25) is 5.02 Å². The molecule has 25 heavy (non-hydrogen) atoms. The van der Waals surface area contributed by atoms with E-state index < -0.39 is 0 Å². The number of nitriles is 1. The van der Waals surface area contributed by atoms with Gasteiger partial charge < -0.3 is 5.32 Å². The van der Waals surface area contributed by atoms with Gasteiger partial charge in [0.05, 0.1) is 4.70 Å². The fourth-order valence-electron chi connectivity index (χ4n) is 3.40. The maximum Gasteiger partial charge on any atom is 0.289 e. The first-order valence-electron chi connectivity index (χ1n) is 7.73. The van der Waals surface area contributed by atoms with Crippen molar-refractivity contribution >= 4 is 49.9 Å². The SMILES string of the molecule is Cc1c(C#N)c(N)[nH+]c2c3c(sc12)NC(=O)C[C@@H]3c1ccccc1Cl. The number of halogens is 1. The zero-order valence-corrected chi connectivity index (χ0v) is 14.9. The average molecular weight is 370 g/mol. The van der Waals surface area contributed by atoms with Gasteiger partial charge in [0.25, 0.3) is 5.82 Å². The van der Waals surface area contributed by atoms with E-state index in [2.05, 4.69) is 16.4 Å². The molecule has 3 heterocycles. The number of aromatic nitrogens is 1. The highest BCUT2D eigenvalue weighted by Crippen LogP contribution is 2.47. The van der Waals surface area contributed by atoms with Crippen molar-refractivity contribution in [1.82, 2.24) is 0 Å². The summed E-state index contributed by atoms with van der Waals surface area (Å²) in [5.41, 5.74) is 10.1. The lowest BCUT2D eigenvalue weighted by atomic mass is 9.86. The number of anilines is 2. The summed E-state index contributed by atoms with van der Waals surface area (Å²) < 4.78 is 0.926. The Morgan fingerprint density at radius 2 is 2.20 bits per heavy atom. The first kappa shape index (κ1) is 15.9. The van der Waals surface area contributed by atoms with Crippen molar-refractivity contribution in [2.45, 2.75) is 19.3 Å². The highest BCUT2D eigenvalue weighted by atomic mass is 35.5. The first-order chi connectivity index (χ1) is 12.0. The van der Waals surface area contributed by atoms with Crippen LogP contribution in [0.15, 0.2) is 24.3 Å². The minimum atomic E-state index is -0.158. The number of nitrogen functional groups attached to an aromatic ring is 1. The Balaban J connectivity index is 2.05. The van der Waals surface area contributed by atoms with E-state index in [0.29, 0.717) is 22.8 Å². The Morgan fingerprint density at radius 3 is 2.92 bits per heavy atom. The molecule has 1 aliphatic heterocycles. The Bertz CT molecular complexity index is 1080. The molecular formula is C18H14ClN4OS+. The summed E-state index contributed by atoms with van der Waals surface area (Å²) >= 11 is 7.85. The van der Waals surface area contributed by atoms with Crippen molar-refractivity contribution in [2.24, 2.45) is 0 Å². The second-order valence-electron chi connectivity index (χ2n) is 6.03. The molecular weight excluding hydrogens is 356 g/mol. The van der Waals surface area contributed by atoms with Crippen molar-refractivity contribution in [3.05, 3.63) is 51.5 Å². The number of carbonyl (C=O) groups is 1. The van der Waals surface area contributed by atoms with Gasteiger partial charge in [0.2, 0.25) is 5.91 Å². The molecule has 4 N–H and O–H groups in total. The number of hydrogen-bond donors (Lipinski definition) is 2. The van der Waals surface area contributed by atoms with Crippen LogP contribution in [-0.4, -0.2) is 5.91 Å². The molecule has 0 radical (unpaired) electrons. The quantitative estimate of drug-likeness (QED) is 0.686. The number of benzene rings is 1. The molecule has 2 aromatic heterocycles. The van der Waals surface area contributed by atoms with Gasteiger partial charge in [0.1, 0.15) is 22.2 Å². The van der Waals surface area contributed by atoms with Gasteiger partial charge in [-0.15, -0.1) is 11.3 Å². The molecule has 0 fully saturated rings. The zero-order chi connectivity index (χ0) is 17.7. The van der Waals surface area contributed by atoms with Crippen molar-refractivity contribution in [3.8, 4) is 6.07 Å². The van der Waals surface area contributed by atoms with Gasteiger partial charge in [0.15, 0.2) is 0 Å². The number of nitrogens with two attached hydrogens (primary N) is 1. The fraction of sp³-hybridized carbons (Fsp3) is 0.167. The number of nitrogens with one attached hydrogen (secondary N) is 2. The molecule has 0 bridgehead atoms. The van der Waals surface area contributed by atoms with E-state index in [9.17, 15) is 10.1 Å². The molecule has 124 valence electrons. The Labute approximate surface area is 153 Å². The van der Waals surface area contributed by atoms with E-state index in [1.54, 1.807) is 0 Å². The maximum atomic E-state index is 12.2. The Hall–Kier alpha value is -2.62. The molecule has 4 rings (SSSR count). The molecule has 1 atom stereocenters. The molecule has 7 heteroatoms. The van der Waals surface area contributed by atoms with E-state index in [0.717, 1.165) is 31.9 Å². The number of H-pyrrole nitrogens is 1. The lowest BCUT2D eigenvalue weighted by Gasteiger charge is -2.23. The van der Waals surface area contributed by atoms with E-state index in [1.165, 1.54) is 11.3 Å². The van der Waals surface area contributed by atoms with Gasteiger partial charge in [-0.05, 0) is 24.1 Å². The summed E-state index contributed by atoms with van der Waals surface area (Å²) in [5.74, 6) is 0.132. The van der Waals surface area contributed by atoms with Gasteiger partial charge in [0, 0.05) is 22.9 Å². The number of rotatable bonds is 1. The number of nitrogens with zero attached hydrogens (tertiary/aromatic N) is 1. The van der Waals surface area contributed by atoms with E-state index in [4.69, 9.17) is 17.3 Å². The summed E-state index contributed by atoms with van der Waals surface area (Å²) in [7, 11) is 0. The maximum absolute atomic E-state index is 12.2. The molecule has 0 saturated heterocycles. The zero-order valence-electron chi connectivity index (χ0n) is 13.3. The van der Waals surface area contributed by atoms with Gasteiger partial charge in [-0.25, -0.2) is 4.98 Å². The van der Waals surface area contributed by atoms with Crippen LogP contribution in [0.5, 0.6) is 0 Å². The van der Waals surface area contributed by atoms with Crippen LogP contribution in [0.25, 0.3) is 10.2 Å². The third kappa shape index (κ3) is 2.36. The number of fused-ring (bicyclic) bond motifs is 3. The Morgan fingerprint density at radius 1 is 1.44 bits per heavy atom. The molecule has 0 unspecified atom stereocenters. The number of thiophene rings is 1. The van der Waals surface area contributed by atoms with Crippen LogP contribution in [0.3, 0.4) is 0 Å². The molecule has 0 aliphatic carbocycles. The molecule has 1 aromatic carbocycles. The minimum absolute atomic E-state index is 0.0462. The average Bonchev–Trinajstić information content (AvgIpc) is 2.93. The number of pyridine rings is 1. The van der Waals surface area contributed by atoms with Crippen molar-refractivity contribution in [2.75, 3.05) is 11.1 Å². The molecule has 1 aliphatic rings. The summed E-state index contributed by atoms with van der Waals surface area (Å²) in [6, 6.07) is 9.70. The number of carbonyl (C=O) groups excluding carboxylic acids is 1. The standard InChI is InChI=1S/C18H13ClN4OS/c1-8-11(7-20)17(21)23-15-14-10(9-4-2-3-5-12(9)19)6-13(24)22-18(14)25-16(8)15/h2-5,10H,6H2,1H3,(H2,21,23)(H,22,24)/p+1/t10-/m1/s1. The monoisotopic (exact) mass is 369 g/mol. The molecule has 1 amide bonds. The third-order valence-electron chi connectivity index (χ3n) is 4.57. The Kier molecular flexibility index (Phi) is 3.64. The van der Waals surface area contributed by atoms with Crippen LogP contribution in [0, 0.1) is 18.3 Å². The summed E-state index contributed by atoms with van der Waals surface area (Å²) in [5, 5.41) is 13.7. The van der Waals surface area contributed by atoms with Crippen molar-refractivity contribution < 1.29 is 9.78 Å². The molecule has 0 spiro atoms. The topological polar surface area (TPSA) is 93.1 Å². The van der Waals surface area contributed by atoms with Gasteiger partial charge in [-0.1, -0.05) is 29.8 Å². The minimum Gasteiger partial charge on any atom is -0.317 e. The number of aromatic amines is 1. The first-order valence-corrected chi connectivity index (χ1v) is 8.92. The van der Waals surface area contributed by atoms with Crippen LogP contribution in [0.4, 0.5) is 10.8 Å². The molecule has 5 nitrogen and oxygen atoms in total. The number of aryl methyl sites for hydroxylation is 1. The smallest absolute Gasteiger partial charge is 0.289 e. The van der Waals surface area contributed by atoms with E-state index >= 15 is 0 Å². The summed E-state index contributed by atoms with van der Waals surface area (Å²) in [4.78, 5) is 15.4. The molecule has 3 aromatic rings. The number of hydrogen-bond acceptors (Lipinski definition) is 4.